The number of carbonyl (C=O) groups is 2. The van der Waals surface area contributed by atoms with E-state index < -0.39 is 0 Å². The summed E-state index contributed by atoms with van der Waals surface area (Å²) in [6.45, 7) is 2.58. The summed E-state index contributed by atoms with van der Waals surface area (Å²) < 4.78 is 0. The summed E-state index contributed by atoms with van der Waals surface area (Å²) in [6.07, 6.45) is 0.443. The number of benzene rings is 1. The summed E-state index contributed by atoms with van der Waals surface area (Å²) >= 11 is 5.87. The minimum Gasteiger partial charge on any atom is -0.354 e. The lowest BCUT2D eigenvalue weighted by molar-refractivity contribution is -0.120. The highest BCUT2D eigenvalue weighted by Gasteiger charge is 2.08. The SMILES string of the molecule is CCC(=O)NCCNC(=O)c1ccccc1Cl. The Morgan fingerprint density at radius 3 is 2.47 bits per heavy atom. The Labute approximate surface area is 105 Å². The maximum atomic E-state index is 11.7. The molecule has 4 nitrogen and oxygen atoms in total. The highest BCUT2D eigenvalue weighted by molar-refractivity contribution is 6.33. The minimum absolute atomic E-state index is 0.0306. The maximum absolute atomic E-state index is 11.7. The summed E-state index contributed by atoms with van der Waals surface area (Å²) in [5.41, 5.74) is 0.441. The van der Waals surface area contributed by atoms with Gasteiger partial charge in [-0.05, 0) is 12.1 Å². The maximum Gasteiger partial charge on any atom is 0.252 e. The minimum atomic E-state index is -0.235. The summed E-state index contributed by atoms with van der Waals surface area (Å²) in [5.74, 6) is -0.265. The number of hydrogen-bond acceptors (Lipinski definition) is 2. The van der Waals surface area contributed by atoms with Crippen molar-refractivity contribution in [2.75, 3.05) is 13.1 Å². The topological polar surface area (TPSA) is 58.2 Å². The van der Waals surface area contributed by atoms with Crippen molar-refractivity contribution in [1.29, 1.82) is 0 Å². The van der Waals surface area contributed by atoms with Gasteiger partial charge in [0.05, 0.1) is 10.6 Å². The largest absolute Gasteiger partial charge is 0.354 e. The molecule has 0 saturated carbocycles. The van der Waals surface area contributed by atoms with E-state index in [1.807, 2.05) is 0 Å². The first-order valence-corrected chi connectivity index (χ1v) is 5.82. The Morgan fingerprint density at radius 2 is 1.82 bits per heavy atom. The van der Waals surface area contributed by atoms with Gasteiger partial charge in [0.25, 0.3) is 5.91 Å². The van der Waals surface area contributed by atoms with E-state index >= 15 is 0 Å². The van der Waals surface area contributed by atoms with Crippen molar-refractivity contribution in [2.24, 2.45) is 0 Å². The van der Waals surface area contributed by atoms with Crippen molar-refractivity contribution in [3.8, 4) is 0 Å². The molecule has 17 heavy (non-hydrogen) atoms. The van der Waals surface area contributed by atoms with Crippen molar-refractivity contribution in [1.82, 2.24) is 10.6 Å². The fourth-order valence-electron chi connectivity index (χ4n) is 1.24. The first-order valence-electron chi connectivity index (χ1n) is 5.44. The fraction of sp³-hybridized carbons (Fsp3) is 0.333. The average molecular weight is 255 g/mol. The average Bonchev–Trinajstić information content (AvgIpc) is 2.34. The van der Waals surface area contributed by atoms with Gasteiger partial charge in [-0.25, -0.2) is 0 Å². The van der Waals surface area contributed by atoms with Crippen LogP contribution in [0.4, 0.5) is 0 Å². The van der Waals surface area contributed by atoms with Crippen molar-refractivity contribution in [3.63, 3.8) is 0 Å². The second-order valence-electron chi connectivity index (χ2n) is 3.44. The highest BCUT2D eigenvalue weighted by atomic mass is 35.5. The van der Waals surface area contributed by atoms with Crippen LogP contribution < -0.4 is 10.6 Å². The van der Waals surface area contributed by atoms with Gasteiger partial charge in [0.2, 0.25) is 5.91 Å². The monoisotopic (exact) mass is 254 g/mol. The van der Waals surface area contributed by atoms with Crippen LogP contribution >= 0.6 is 11.6 Å². The summed E-state index contributed by atoms with van der Waals surface area (Å²) in [6, 6.07) is 6.83. The molecule has 5 heteroatoms. The number of amides is 2. The molecule has 0 heterocycles. The molecule has 0 aliphatic rings. The molecule has 0 aliphatic heterocycles. The molecule has 2 N–H and O–H groups in total. The van der Waals surface area contributed by atoms with Gasteiger partial charge < -0.3 is 10.6 Å². The van der Waals surface area contributed by atoms with Crippen LogP contribution in [0.15, 0.2) is 24.3 Å². The zero-order chi connectivity index (χ0) is 12.7. The third kappa shape index (κ3) is 4.44. The fourth-order valence-corrected chi connectivity index (χ4v) is 1.47. The van der Waals surface area contributed by atoms with Crippen LogP contribution in [0.1, 0.15) is 23.7 Å². The predicted molar refractivity (Wildman–Crippen MR) is 67.1 cm³/mol. The van der Waals surface area contributed by atoms with Crippen molar-refractivity contribution in [3.05, 3.63) is 34.9 Å². The standard InChI is InChI=1S/C12H15ClN2O2/c1-2-11(16)14-7-8-15-12(17)9-5-3-4-6-10(9)13/h3-6H,2,7-8H2,1H3,(H,14,16)(H,15,17). The molecular weight excluding hydrogens is 240 g/mol. The number of hydrogen-bond donors (Lipinski definition) is 2. The van der Waals surface area contributed by atoms with Gasteiger partial charge >= 0.3 is 0 Å². The molecule has 2 amide bonds. The van der Waals surface area contributed by atoms with Crippen molar-refractivity contribution in [2.45, 2.75) is 13.3 Å². The van der Waals surface area contributed by atoms with E-state index in [0.29, 0.717) is 30.1 Å². The number of carbonyl (C=O) groups excluding carboxylic acids is 2. The van der Waals surface area contributed by atoms with E-state index in [1.54, 1.807) is 31.2 Å². The van der Waals surface area contributed by atoms with Gasteiger partial charge in [0.1, 0.15) is 0 Å². The molecule has 0 atom stereocenters. The lowest BCUT2D eigenvalue weighted by atomic mass is 10.2. The van der Waals surface area contributed by atoms with Crippen LogP contribution in [-0.4, -0.2) is 24.9 Å². The van der Waals surface area contributed by atoms with Gasteiger partial charge in [-0.3, -0.25) is 9.59 Å². The lowest BCUT2D eigenvalue weighted by Gasteiger charge is -2.07. The Morgan fingerprint density at radius 1 is 1.18 bits per heavy atom. The molecule has 0 bridgehead atoms. The first-order chi connectivity index (χ1) is 8.15. The third-order valence-corrected chi connectivity index (χ3v) is 2.50. The van der Waals surface area contributed by atoms with Crippen molar-refractivity contribution >= 4 is 23.4 Å². The van der Waals surface area contributed by atoms with Gasteiger partial charge in [-0.2, -0.15) is 0 Å². The second-order valence-corrected chi connectivity index (χ2v) is 3.85. The van der Waals surface area contributed by atoms with Crippen LogP contribution in [0, 0.1) is 0 Å². The van der Waals surface area contributed by atoms with Crippen molar-refractivity contribution < 1.29 is 9.59 Å². The molecule has 0 radical (unpaired) electrons. The van der Waals surface area contributed by atoms with Gasteiger partial charge in [-0.1, -0.05) is 30.7 Å². The summed E-state index contributed by atoms with van der Waals surface area (Å²) in [5, 5.41) is 5.77. The molecule has 0 fully saturated rings. The Hall–Kier alpha value is -1.55. The lowest BCUT2D eigenvalue weighted by Crippen LogP contribution is -2.34. The number of nitrogens with one attached hydrogen (secondary N) is 2. The Bertz CT molecular complexity index is 407. The predicted octanol–water partition coefficient (Wildman–Crippen LogP) is 1.60. The van der Waals surface area contributed by atoms with E-state index in [2.05, 4.69) is 10.6 Å². The summed E-state index contributed by atoms with van der Waals surface area (Å²) in [7, 11) is 0. The molecule has 0 aromatic heterocycles. The molecule has 0 saturated heterocycles. The Kier molecular flexibility index (Phi) is 5.49. The zero-order valence-corrected chi connectivity index (χ0v) is 10.4. The molecular formula is C12H15ClN2O2. The number of halogens is 1. The van der Waals surface area contributed by atoms with Crippen LogP contribution in [0.25, 0.3) is 0 Å². The molecule has 1 aromatic rings. The van der Waals surface area contributed by atoms with Gasteiger partial charge in [-0.15, -0.1) is 0 Å². The molecule has 1 aromatic carbocycles. The molecule has 1 rings (SSSR count). The van der Waals surface area contributed by atoms with E-state index in [-0.39, 0.29) is 11.8 Å². The van der Waals surface area contributed by atoms with Crippen LogP contribution in [0.3, 0.4) is 0 Å². The van der Waals surface area contributed by atoms with E-state index in [4.69, 9.17) is 11.6 Å². The molecule has 92 valence electrons. The normalized spacial score (nSPS) is 9.76. The highest BCUT2D eigenvalue weighted by Crippen LogP contribution is 2.14. The quantitative estimate of drug-likeness (QED) is 0.784. The van der Waals surface area contributed by atoms with Crippen LogP contribution in [0.2, 0.25) is 5.02 Å². The Balaban J connectivity index is 2.36. The van der Waals surface area contributed by atoms with E-state index in [0.717, 1.165) is 0 Å². The third-order valence-electron chi connectivity index (χ3n) is 2.17. The smallest absolute Gasteiger partial charge is 0.252 e. The molecule has 0 aliphatic carbocycles. The summed E-state index contributed by atoms with van der Waals surface area (Å²) in [4.78, 5) is 22.6. The molecule has 0 unspecified atom stereocenters. The van der Waals surface area contributed by atoms with Crippen LogP contribution in [0.5, 0.6) is 0 Å². The zero-order valence-electron chi connectivity index (χ0n) is 9.63. The van der Waals surface area contributed by atoms with Gasteiger partial charge in [0.15, 0.2) is 0 Å². The first kappa shape index (κ1) is 13.5. The molecule has 0 spiro atoms. The number of rotatable bonds is 5. The van der Waals surface area contributed by atoms with Crippen LogP contribution in [-0.2, 0) is 4.79 Å². The van der Waals surface area contributed by atoms with E-state index in [1.165, 1.54) is 0 Å². The van der Waals surface area contributed by atoms with E-state index in [9.17, 15) is 9.59 Å². The van der Waals surface area contributed by atoms with Gasteiger partial charge in [0, 0.05) is 19.5 Å². The second kappa shape index (κ2) is 6.91.